The van der Waals surface area contributed by atoms with Gasteiger partial charge in [0.05, 0.1) is 11.0 Å². The van der Waals surface area contributed by atoms with Crippen LogP contribution in [0, 0.1) is 24.0 Å². The molecule has 0 heterocycles. The zero-order chi connectivity index (χ0) is 14.7. The molecule has 0 bridgehead atoms. The molecule has 20 heavy (non-hydrogen) atoms. The van der Waals surface area contributed by atoms with Crippen molar-refractivity contribution in [2.24, 2.45) is 0 Å². The number of hydrogen-bond donors (Lipinski definition) is 1. The second-order valence-electron chi connectivity index (χ2n) is 5.56. The van der Waals surface area contributed by atoms with Gasteiger partial charge >= 0.3 is 0 Å². The normalized spacial score (nSPS) is 22.6. The van der Waals surface area contributed by atoms with E-state index in [1.54, 1.807) is 20.1 Å². The predicted octanol–water partition coefficient (Wildman–Crippen LogP) is 3.58. The third-order valence-electron chi connectivity index (χ3n) is 4.11. The minimum atomic E-state index is -0.318. The number of ether oxygens (including phenoxy) is 1. The van der Waals surface area contributed by atoms with Crippen LogP contribution in [0.1, 0.15) is 36.8 Å². The van der Waals surface area contributed by atoms with Gasteiger partial charge < -0.3 is 10.1 Å². The van der Waals surface area contributed by atoms with Crippen LogP contribution >= 0.6 is 0 Å². The Morgan fingerprint density at radius 3 is 2.40 bits per heavy atom. The molecule has 5 nitrogen and oxygen atoms in total. The average Bonchev–Trinajstić information content (AvgIpc) is 2.42. The summed E-state index contributed by atoms with van der Waals surface area (Å²) in [5.41, 5.74) is 2.83. The lowest BCUT2D eigenvalue weighted by atomic mass is 9.92. The molecule has 1 aliphatic rings. The fourth-order valence-corrected chi connectivity index (χ4v) is 2.86. The molecule has 1 aliphatic carbocycles. The second kappa shape index (κ2) is 6.22. The Labute approximate surface area is 119 Å². The first kappa shape index (κ1) is 14.8. The zero-order valence-electron chi connectivity index (χ0n) is 12.3. The van der Waals surface area contributed by atoms with E-state index in [1.807, 2.05) is 13.0 Å². The van der Waals surface area contributed by atoms with Gasteiger partial charge in [0, 0.05) is 30.5 Å². The maximum absolute atomic E-state index is 11.0. The number of rotatable bonds is 4. The van der Waals surface area contributed by atoms with Crippen LogP contribution in [-0.4, -0.2) is 24.2 Å². The van der Waals surface area contributed by atoms with Gasteiger partial charge in [-0.2, -0.15) is 0 Å². The predicted molar refractivity (Wildman–Crippen MR) is 79.2 cm³/mol. The van der Waals surface area contributed by atoms with Crippen LogP contribution in [0.5, 0.6) is 0 Å². The highest BCUT2D eigenvalue weighted by atomic mass is 16.6. The number of anilines is 1. The summed E-state index contributed by atoms with van der Waals surface area (Å²) >= 11 is 0. The molecule has 0 radical (unpaired) electrons. The maximum Gasteiger partial charge on any atom is 0.274 e. The summed E-state index contributed by atoms with van der Waals surface area (Å²) in [6.07, 6.45) is 4.53. The summed E-state index contributed by atoms with van der Waals surface area (Å²) in [4.78, 5) is 10.7. The molecule has 1 aromatic rings. The molecule has 0 amide bonds. The molecule has 0 aromatic heterocycles. The number of benzene rings is 1. The largest absolute Gasteiger partial charge is 0.382 e. The summed E-state index contributed by atoms with van der Waals surface area (Å²) in [6.45, 7) is 3.76. The number of nitro benzene ring substituents is 1. The van der Waals surface area contributed by atoms with Gasteiger partial charge in [0.25, 0.3) is 5.69 Å². The monoisotopic (exact) mass is 278 g/mol. The van der Waals surface area contributed by atoms with Crippen LogP contribution in [0.2, 0.25) is 0 Å². The van der Waals surface area contributed by atoms with Crippen molar-refractivity contribution < 1.29 is 9.66 Å². The Hall–Kier alpha value is -1.62. The van der Waals surface area contributed by atoms with Crippen molar-refractivity contribution in [2.45, 2.75) is 51.7 Å². The van der Waals surface area contributed by atoms with E-state index in [4.69, 9.17) is 4.74 Å². The van der Waals surface area contributed by atoms with Gasteiger partial charge in [-0.15, -0.1) is 0 Å². The summed E-state index contributed by atoms with van der Waals surface area (Å²) in [7, 11) is 1.76. The Morgan fingerprint density at radius 2 is 1.85 bits per heavy atom. The van der Waals surface area contributed by atoms with Crippen molar-refractivity contribution >= 4 is 11.4 Å². The first-order valence-corrected chi connectivity index (χ1v) is 7.06. The summed E-state index contributed by atoms with van der Waals surface area (Å²) in [5, 5.41) is 14.5. The molecule has 1 fully saturated rings. The lowest BCUT2D eigenvalue weighted by molar-refractivity contribution is -0.385. The average molecular weight is 278 g/mol. The highest BCUT2D eigenvalue weighted by Gasteiger charge is 2.22. The number of nitro groups is 1. The molecule has 0 unspecified atom stereocenters. The number of aryl methyl sites for hydroxylation is 2. The Kier molecular flexibility index (Phi) is 4.60. The zero-order valence-corrected chi connectivity index (χ0v) is 12.3. The molecule has 0 atom stereocenters. The molecular weight excluding hydrogens is 256 g/mol. The summed E-state index contributed by atoms with van der Waals surface area (Å²) in [5.74, 6) is 0. The van der Waals surface area contributed by atoms with Crippen LogP contribution in [0.25, 0.3) is 0 Å². The first-order valence-electron chi connectivity index (χ1n) is 7.06. The van der Waals surface area contributed by atoms with Gasteiger partial charge in [-0.05, 0) is 51.2 Å². The van der Waals surface area contributed by atoms with Crippen molar-refractivity contribution in [2.75, 3.05) is 12.4 Å². The molecule has 1 aromatic carbocycles. The quantitative estimate of drug-likeness (QED) is 0.675. The topological polar surface area (TPSA) is 64.4 Å². The van der Waals surface area contributed by atoms with Gasteiger partial charge in [-0.3, -0.25) is 10.1 Å². The first-order chi connectivity index (χ1) is 9.51. The van der Waals surface area contributed by atoms with E-state index in [1.165, 1.54) is 0 Å². The lowest BCUT2D eigenvalue weighted by Gasteiger charge is -2.29. The van der Waals surface area contributed by atoms with Crippen molar-refractivity contribution in [3.05, 3.63) is 33.4 Å². The van der Waals surface area contributed by atoms with E-state index < -0.39 is 0 Å². The number of hydrogen-bond acceptors (Lipinski definition) is 4. The number of nitrogens with one attached hydrogen (secondary N) is 1. The van der Waals surface area contributed by atoms with E-state index in [2.05, 4.69) is 5.32 Å². The van der Waals surface area contributed by atoms with Crippen LogP contribution in [-0.2, 0) is 4.74 Å². The van der Waals surface area contributed by atoms with Gasteiger partial charge in [0.2, 0.25) is 0 Å². The second-order valence-corrected chi connectivity index (χ2v) is 5.56. The van der Waals surface area contributed by atoms with Crippen molar-refractivity contribution in [1.29, 1.82) is 0 Å². The smallest absolute Gasteiger partial charge is 0.274 e. The van der Waals surface area contributed by atoms with E-state index >= 15 is 0 Å². The van der Waals surface area contributed by atoms with E-state index in [9.17, 15) is 10.1 Å². The van der Waals surface area contributed by atoms with Crippen molar-refractivity contribution in [3.63, 3.8) is 0 Å². The van der Waals surface area contributed by atoms with Crippen LogP contribution in [0.3, 0.4) is 0 Å². The highest BCUT2D eigenvalue weighted by Crippen LogP contribution is 2.29. The molecule has 0 aliphatic heterocycles. The van der Waals surface area contributed by atoms with Crippen LogP contribution in [0.4, 0.5) is 11.4 Å². The minimum absolute atomic E-state index is 0.184. The fourth-order valence-electron chi connectivity index (χ4n) is 2.86. The SMILES string of the molecule is COC1CCC(Nc2cc([N+](=O)[O-])c(C)cc2C)CC1. The Morgan fingerprint density at radius 1 is 1.20 bits per heavy atom. The molecule has 1 saturated carbocycles. The molecule has 0 spiro atoms. The Balaban J connectivity index is 2.10. The van der Waals surface area contributed by atoms with Crippen LogP contribution < -0.4 is 5.32 Å². The molecule has 110 valence electrons. The van der Waals surface area contributed by atoms with Crippen molar-refractivity contribution in [1.82, 2.24) is 0 Å². The lowest BCUT2D eigenvalue weighted by Crippen LogP contribution is -2.29. The summed E-state index contributed by atoms with van der Waals surface area (Å²) < 4.78 is 5.36. The van der Waals surface area contributed by atoms with E-state index in [0.717, 1.165) is 36.9 Å². The van der Waals surface area contributed by atoms with E-state index in [-0.39, 0.29) is 10.6 Å². The van der Waals surface area contributed by atoms with Crippen molar-refractivity contribution in [3.8, 4) is 0 Å². The van der Waals surface area contributed by atoms with Gasteiger partial charge in [0.15, 0.2) is 0 Å². The minimum Gasteiger partial charge on any atom is -0.382 e. The van der Waals surface area contributed by atoms with E-state index in [0.29, 0.717) is 17.7 Å². The van der Waals surface area contributed by atoms with Gasteiger partial charge in [-0.1, -0.05) is 0 Å². The summed E-state index contributed by atoms with van der Waals surface area (Å²) in [6, 6.07) is 3.91. The molecule has 1 N–H and O–H groups in total. The third kappa shape index (κ3) is 3.28. The van der Waals surface area contributed by atoms with Crippen LogP contribution in [0.15, 0.2) is 12.1 Å². The highest BCUT2D eigenvalue weighted by molar-refractivity contribution is 5.60. The maximum atomic E-state index is 11.0. The standard InChI is InChI=1S/C15H22N2O3/c1-10-8-11(2)15(17(18)19)9-14(10)16-12-4-6-13(20-3)7-5-12/h8-9,12-13,16H,4-7H2,1-3H3. The molecule has 2 rings (SSSR count). The molecular formula is C15H22N2O3. The Bertz CT molecular complexity index is 494. The fraction of sp³-hybridized carbons (Fsp3) is 0.600. The third-order valence-corrected chi connectivity index (χ3v) is 4.11. The molecule has 0 saturated heterocycles. The van der Waals surface area contributed by atoms with Gasteiger partial charge in [0.1, 0.15) is 0 Å². The number of nitrogens with zero attached hydrogens (tertiary/aromatic N) is 1. The van der Waals surface area contributed by atoms with Gasteiger partial charge in [-0.25, -0.2) is 0 Å². The molecule has 5 heteroatoms. The number of methoxy groups -OCH3 is 1.